The molecular formula is C22H22ClNO. The third kappa shape index (κ3) is 5.28. The Kier molecular flexibility index (Phi) is 7.39. The van der Waals surface area contributed by atoms with Gasteiger partial charge in [0.2, 0.25) is 0 Å². The standard InChI is InChI=1S/C22H21NO.ClH/c24-22(20-14-8-3-9-15-20)21(19-12-6-2-7-13-19)23-17-16-18-10-4-1-5-11-18;/h1-15,21,23H,16-17H2;1H. The van der Waals surface area contributed by atoms with Gasteiger partial charge in [0.1, 0.15) is 0 Å². The van der Waals surface area contributed by atoms with Gasteiger partial charge >= 0.3 is 0 Å². The van der Waals surface area contributed by atoms with E-state index in [9.17, 15) is 4.79 Å². The number of Topliss-reactive ketones (excluding diaryl/α,β-unsaturated/α-hetero) is 1. The number of hydrogen-bond donors (Lipinski definition) is 1. The summed E-state index contributed by atoms with van der Waals surface area (Å²) in [6.45, 7) is 0.752. The predicted octanol–water partition coefficient (Wildman–Crippen LogP) is 4.86. The van der Waals surface area contributed by atoms with Crippen LogP contribution in [0.5, 0.6) is 0 Å². The molecule has 0 aromatic heterocycles. The maximum atomic E-state index is 12.9. The summed E-state index contributed by atoms with van der Waals surface area (Å²) in [5, 5.41) is 3.43. The van der Waals surface area contributed by atoms with Crippen molar-refractivity contribution in [3.8, 4) is 0 Å². The summed E-state index contributed by atoms with van der Waals surface area (Å²) in [4.78, 5) is 12.9. The van der Waals surface area contributed by atoms with Gasteiger partial charge in [0.25, 0.3) is 0 Å². The summed E-state index contributed by atoms with van der Waals surface area (Å²) in [5.41, 5.74) is 3.00. The summed E-state index contributed by atoms with van der Waals surface area (Å²) in [5.74, 6) is 0.106. The van der Waals surface area contributed by atoms with Gasteiger partial charge in [0.05, 0.1) is 6.04 Å². The first-order valence-electron chi connectivity index (χ1n) is 8.26. The first-order valence-corrected chi connectivity index (χ1v) is 8.26. The Morgan fingerprint density at radius 2 is 1.28 bits per heavy atom. The van der Waals surface area contributed by atoms with Crippen LogP contribution in [0.3, 0.4) is 0 Å². The van der Waals surface area contributed by atoms with Crippen molar-refractivity contribution in [2.45, 2.75) is 12.5 Å². The number of halogens is 1. The van der Waals surface area contributed by atoms with Crippen LogP contribution in [0.2, 0.25) is 0 Å². The van der Waals surface area contributed by atoms with Gasteiger partial charge in [-0.05, 0) is 17.5 Å². The smallest absolute Gasteiger partial charge is 0.184 e. The maximum Gasteiger partial charge on any atom is 0.184 e. The summed E-state index contributed by atoms with van der Waals surface area (Å²) >= 11 is 0. The van der Waals surface area contributed by atoms with Crippen molar-refractivity contribution < 1.29 is 4.79 Å². The average molecular weight is 352 g/mol. The van der Waals surface area contributed by atoms with E-state index < -0.39 is 0 Å². The number of hydrogen-bond acceptors (Lipinski definition) is 2. The lowest BCUT2D eigenvalue weighted by Gasteiger charge is -2.18. The monoisotopic (exact) mass is 351 g/mol. The van der Waals surface area contributed by atoms with Gasteiger partial charge in [-0.2, -0.15) is 0 Å². The molecule has 0 aliphatic rings. The van der Waals surface area contributed by atoms with Gasteiger partial charge in [-0.3, -0.25) is 4.79 Å². The van der Waals surface area contributed by atoms with Crippen molar-refractivity contribution >= 4 is 18.2 Å². The summed E-state index contributed by atoms with van der Waals surface area (Å²) < 4.78 is 0. The molecule has 0 aliphatic carbocycles. The van der Waals surface area contributed by atoms with Gasteiger partial charge in [-0.15, -0.1) is 12.4 Å². The van der Waals surface area contributed by atoms with Gasteiger partial charge in [-0.25, -0.2) is 0 Å². The van der Waals surface area contributed by atoms with Crippen LogP contribution >= 0.6 is 12.4 Å². The Hall–Kier alpha value is -2.42. The number of nitrogens with one attached hydrogen (secondary N) is 1. The van der Waals surface area contributed by atoms with Crippen molar-refractivity contribution in [2.24, 2.45) is 0 Å². The fourth-order valence-electron chi connectivity index (χ4n) is 2.78. The molecular weight excluding hydrogens is 330 g/mol. The zero-order valence-corrected chi connectivity index (χ0v) is 14.8. The van der Waals surface area contributed by atoms with Crippen LogP contribution in [0, 0.1) is 0 Å². The molecule has 0 saturated heterocycles. The minimum absolute atomic E-state index is 0. The Labute approximate surface area is 155 Å². The van der Waals surface area contributed by atoms with E-state index in [4.69, 9.17) is 0 Å². The molecule has 0 saturated carbocycles. The average Bonchev–Trinajstić information content (AvgIpc) is 2.67. The molecule has 1 N–H and O–H groups in total. The minimum Gasteiger partial charge on any atom is -0.303 e. The van der Waals surface area contributed by atoms with E-state index in [0.717, 1.165) is 24.1 Å². The second kappa shape index (κ2) is 9.77. The van der Waals surface area contributed by atoms with E-state index in [0.29, 0.717) is 0 Å². The third-order valence-corrected chi connectivity index (χ3v) is 4.06. The fraction of sp³-hybridized carbons (Fsp3) is 0.136. The Morgan fingerprint density at radius 3 is 1.88 bits per heavy atom. The molecule has 3 rings (SSSR count). The molecule has 0 spiro atoms. The van der Waals surface area contributed by atoms with E-state index in [1.165, 1.54) is 5.56 Å². The van der Waals surface area contributed by atoms with Crippen LogP contribution in [0.1, 0.15) is 27.5 Å². The van der Waals surface area contributed by atoms with Gasteiger partial charge in [-0.1, -0.05) is 91.0 Å². The van der Waals surface area contributed by atoms with Crippen molar-refractivity contribution in [1.29, 1.82) is 0 Å². The molecule has 3 heteroatoms. The van der Waals surface area contributed by atoms with Crippen LogP contribution in [0.25, 0.3) is 0 Å². The summed E-state index contributed by atoms with van der Waals surface area (Å²) in [7, 11) is 0. The molecule has 25 heavy (non-hydrogen) atoms. The zero-order valence-electron chi connectivity index (χ0n) is 14.0. The minimum atomic E-state index is -0.322. The number of carbonyl (C=O) groups is 1. The largest absolute Gasteiger partial charge is 0.303 e. The van der Waals surface area contributed by atoms with Crippen LogP contribution in [0.15, 0.2) is 91.0 Å². The van der Waals surface area contributed by atoms with E-state index >= 15 is 0 Å². The molecule has 1 unspecified atom stereocenters. The molecule has 128 valence electrons. The highest BCUT2D eigenvalue weighted by molar-refractivity contribution is 6.00. The van der Waals surface area contributed by atoms with Crippen LogP contribution in [-0.4, -0.2) is 12.3 Å². The van der Waals surface area contributed by atoms with Crippen molar-refractivity contribution in [1.82, 2.24) is 5.32 Å². The van der Waals surface area contributed by atoms with Gasteiger partial charge in [0.15, 0.2) is 5.78 Å². The number of benzene rings is 3. The number of carbonyl (C=O) groups excluding carboxylic acids is 1. The van der Waals surface area contributed by atoms with Crippen LogP contribution < -0.4 is 5.32 Å². The highest BCUT2D eigenvalue weighted by Gasteiger charge is 2.20. The molecule has 0 fully saturated rings. The SMILES string of the molecule is Cl.O=C(c1ccccc1)C(NCCc1ccccc1)c1ccccc1. The van der Waals surface area contributed by atoms with E-state index in [2.05, 4.69) is 17.4 Å². The Bertz CT molecular complexity index is 760. The Balaban J connectivity index is 0.00000225. The number of ketones is 1. The van der Waals surface area contributed by atoms with E-state index in [1.54, 1.807) is 0 Å². The lowest BCUT2D eigenvalue weighted by atomic mass is 9.97. The highest BCUT2D eigenvalue weighted by Crippen LogP contribution is 2.18. The van der Waals surface area contributed by atoms with Crippen LogP contribution in [0.4, 0.5) is 0 Å². The third-order valence-electron chi connectivity index (χ3n) is 4.06. The molecule has 1 atom stereocenters. The second-order valence-electron chi connectivity index (χ2n) is 5.76. The van der Waals surface area contributed by atoms with Gasteiger partial charge < -0.3 is 5.32 Å². The topological polar surface area (TPSA) is 29.1 Å². The lowest BCUT2D eigenvalue weighted by molar-refractivity contribution is 0.0943. The summed E-state index contributed by atoms with van der Waals surface area (Å²) in [6, 6.07) is 29.4. The van der Waals surface area contributed by atoms with Gasteiger partial charge in [0, 0.05) is 12.1 Å². The normalized spacial score (nSPS) is 11.4. The quantitative estimate of drug-likeness (QED) is 0.615. The van der Waals surface area contributed by atoms with Crippen molar-refractivity contribution in [2.75, 3.05) is 6.54 Å². The van der Waals surface area contributed by atoms with E-state index in [1.807, 2.05) is 78.9 Å². The molecule has 0 amide bonds. The first kappa shape index (κ1) is 18.9. The van der Waals surface area contributed by atoms with Crippen LogP contribution in [-0.2, 0) is 6.42 Å². The van der Waals surface area contributed by atoms with Crippen molar-refractivity contribution in [3.05, 3.63) is 108 Å². The van der Waals surface area contributed by atoms with Crippen molar-refractivity contribution in [3.63, 3.8) is 0 Å². The predicted molar refractivity (Wildman–Crippen MR) is 105 cm³/mol. The molecule has 0 radical (unpaired) electrons. The van der Waals surface area contributed by atoms with E-state index in [-0.39, 0.29) is 24.2 Å². The summed E-state index contributed by atoms with van der Waals surface area (Å²) in [6.07, 6.45) is 0.895. The molecule has 0 bridgehead atoms. The fourth-order valence-corrected chi connectivity index (χ4v) is 2.78. The highest BCUT2D eigenvalue weighted by atomic mass is 35.5. The zero-order chi connectivity index (χ0) is 16.6. The molecule has 2 nitrogen and oxygen atoms in total. The first-order chi connectivity index (χ1) is 11.8. The molecule has 3 aromatic carbocycles. The number of rotatable bonds is 7. The molecule has 0 heterocycles. The second-order valence-corrected chi connectivity index (χ2v) is 5.76. The molecule has 3 aromatic rings. The Morgan fingerprint density at radius 1 is 0.760 bits per heavy atom. The maximum absolute atomic E-state index is 12.9. The lowest BCUT2D eigenvalue weighted by Crippen LogP contribution is -2.30. The molecule has 0 aliphatic heterocycles.